The maximum Gasteiger partial charge on any atom is 0.260 e. The van der Waals surface area contributed by atoms with Gasteiger partial charge in [0.15, 0.2) is 6.10 Å². The highest BCUT2D eigenvalue weighted by Crippen LogP contribution is 2.10. The molecule has 2 rings (SSSR count). The molecular weight excluding hydrogens is 258 g/mol. The second-order valence-corrected chi connectivity index (χ2v) is 5.03. The highest BCUT2D eigenvalue weighted by Gasteiger charge is 2.13. The second kappa shape index (κ2) is 6.95. The third kappa shape index (κ3) is 4.41. The van der Waals surface area contributed by atoms with E-state index in [1.54, 1.807) is 18.3 Å². The molecular formula is C15H17NO2S. The van der Waals surface area contributed by atoms with Gasteiger partial charge in [-0.25, -0.2) is 0 Å². The topological polar surface area (TPSA) is 38.3 Å². The van der Waals surface area contributed by atoms with E-state index in [-0.39, 0.29) is 5.91 Å². The second-order valence-electron chi connectivity index (χ2n) is 4.25. The molecule has 19 heavy (non-hydrogen) atoms. The summed E-state index contributed by atoms with van der Waals surface area (Å²) >= 11 is 1.67. The van der Waals surface area contributed by atoms with Crippen LogP contribution < -0.4 is 10.1 Å². The first kappa shape index (κ1) is 13.6. The van der Waals surface area contributed by atoms with Crippen LogP contribution in [0.15, 0.2) is 47.2 Å². The number of para-hydroxylation sites is 1. The van der Waals surface area contributed by atoms with E-state index in [1.807, 2.05) is 35.7 Å². The van der Waals surface area contributed by atoms with Gasteiger partial charge in [-0.15, -0.1) is 0 Å². The summed E-state index contributed by atoms with van der Waals surface area (Å²) in [4.78, 5) is 11.8. The monoisotopic (exact) mass is 275 g/mol. The number of carbonyl (C=O) groups excluding carboxylic acids is 1. The van der Waals surface area contributed by atoms with Crippen LogP contribution in [0.5, 0.6) is 5.75 Å². The summed E-state index contributed by atoms with van der Waals surface area (Å²) in [6.45, 7) is 2.39. The molecule has 1 N–H and O–H groups in total. The van der Waals surface area contributed by atoms with Crippen molar-refractivity contribution in [2.75, 3.05) is 6.54 Å². The van der Waals surface area contributed by atoms with Crippen molar-refractivity contribution < 1.29 is 9.53 Å². The van der Waals surface area contributed by atoms with Crippen molar-refractivity contribution in [1.82, 2.24) is 5.32 Å². The van der Waals surface area contributed by atoms with E-state index in [0.717, 1.165) is 6.42 Å². The average molecular weight is 275 g/mol. The van der Waals surface area contributed by atoms with E-state index in [9.17, 15) is 4.79 Å². The quantitative estimate of drug-likeness (QED) is 0.880. The normalized spacial score (nSPS) is 11.8. The van der Waals surface area contributed by atoms with Crippen molar-refractivity contribution in [3.05, 3.63) is 52.7 Å². The molecule has 4 heteroatoms. The molecule has 0 unspecified atom stereocenters. The van der Waals surface area contributed by atoms with Gasteiger partial charge in [0.1, 0.15) is 5.75 Å². The van der Waals surface area contributed by atoms with Crippen molar-refractivity contribution in [3.63, 3.8) is 0 Å². The van der Waals surface area contributed by atoms with Gasteiger partial charge in [-0.3, -0.25) is 4.79 Å². The highest BCUT2D eigenvalue weighted by molar-refractivity contribution is 7.07. The number of benzene rings is 1. The van der Waals surface area contributed by atoms with Gasteiger partial charge >= 0.3 is 0 Å². The first-order chi connectivity index (χ1) is 9.25. The molecule has 1 atom stereocenters. The Bertz CT molecular complexity index is 496. The third-order valence-electron chi connectivity index (χ3n) is 2.72. The molecule has 0 spiro atoms. The summed E-state index contributed by atoms with van der Waals surface area (Å²) < 4.78 is 5.55. The van der Waals surface area contributed by atoms with E-state index >= 15 is 0 Å². The lowest BCUT2D eigenvalue weighted by atomic mass is 10.2. The Hall–Kier alpha value is -1.81. The molecule has 1 heterocycles. The number of ether oxygens (including phenoxy) is 1. The number of carbonyl (C=O) groups is 1. The van der Waals surface area contributed by atoms with Gasteiger partial charge in [0.2, 0.25) is 0 Å². The lowest BCUT2D eigenvalue weighted by Gasteiger charge is -2.14. The van der Waals surface area contributed by atoms with E-state index in [1.165, 1.54) is 5.56 Å². The van der Waals surface area contributed by atoms with Crippen molar-refractivity contribution >= 4 is 17.2 Å². The number of hydrogen-bond acceptors (Lipinski definition) is 3. The first-order valence-electron chi connectivity index (χ1n) is 6.26. The lowest BCUT2D eigenvalue weighted by Crippen LogP contribution is -2.37. The Morgan fingerprint density at radius 3 is 2.79 bits per heavy atom. The Morgan fingerprint density at radius 1 is 1.32 bits per heavy atom. The fourth-order valence-electron chi connectivity index (χ4n) is 1.67. The Morgan fingerprint density at radius 2 is 2.11 bits per heavy atom. The van der Waals surface area contributed by atoms with Gasteiger partial charge in [0, 0.05) is 6.54 Å². The largest absolute Gasteiger partial charge is 0.481 e. The van der Waals surface area contributed by atoms with Gasteiger partial charge in [-0.05, 0) is 47.9 Å². The summed E-state index contributed by atoms with van der Waals surface area (Å²) in [6.07, 6.45) is 0.373. The van der Waals surface area contributed by atoms with Gasteiger partial charge < -0.3 is 10.1 Å². The minimum Gasteiger partial charge on any atom is -0.481 e. The number of nitrogens with one attached hydrogen (secondary N) is 1. The summed E-state index contributed by atoms with van der Waals surface area (Å²) in [5.74, 6) is 0.627. The number of rotatable bonds is 6. The van der Waals surface area contributed by atoms with Crippen LogP contribution in [0.4, 0.5) is 0 Å². The maximum atomic E-state index is 11.8. The van der Waals surface area contributed by atoms with E-state index < -0.39 is 6.10 Å². The number of hydrogen-bond donors (Lipinski definition) is 1. The van der Waals surface area contributed by atoms with E-state index in [4.69, 9.17) is 4.74 Å². The van der Waals surface area contributed by atoms with Crippen LogP contribution in [-0.4, -0.2) is 18.6 Å². The molecule has 0 aliphatic heterocycles. The van der Waals surface area contributed by atoms with Crippen LogP contribution in [0.1, 0.15) is 12.5 Å². The van der Waals surface area contributed by atoms with Gasteiger partial charge in [0.25, 0.3) is 5.91 Å². The lowest BCUT2D eigenvalue weighted by molar-refractivity contribution is -0.127. The van der Waals surface area contributed by atoms with Crippen molar-refractivity contribution in [2.24, 2.45) is 0 Å². The molecule has 1 aromatic carbocycles. The van der Waals surface area contributed by atoms with E-state index in [0.29, 0.717) is 12.3 Å². The zero-order chi connectivity index (χ0) is 13.5. The number of thiophene rings is 1. The zero-order valence-corrected chi connectivity index (χ0v) is 11.7. The van der Waals surface area contributed by atoms with Crippen LogP contribution in [-0.2, 0) is 11.2 Å². The zero-order valence-electron chi connectivity index (χ0n) is 10.8. The molecule has 0 saturated carbocycles. The van der Waals surface area contributed by atoms with Gasteiger partial charge in [-0.1, -0.05) is 18.2 Å². The number of amides is 1. The fourth-order valence-corrected chi connectivity index (χ4v) is 2.37. The summed E-state index contributed by atoms with van der Waals surface area (Å²) in [5, 5.41) is 7.01. The van der Waals surface area contributed by atoms with Crippen molar-refractivity contribution in [1.29, 1.82) is 0 Å². The molecule has 0 aliphatic carbocycles. The third-order valence-corrected chi connectivity index (χ3v) is 3.45. The molecule has 0 saturated heterocycles. The van der Waals surface area contributed by atoms with Crippen molar-refractivity contribution in [2.45, 2.75) is 19.4 Å². The standard InChI is InChI=1S/C15H17NO2S/c1-12(18-14-5-3-2-4-6-14)15(17)16-9-7-13-8-10-19-11-13/h2-6,8,10-12H,7,9H2,1H3,(H,16,17)/t12-/m1/s1. The van der Waals surface area contributed by atoms with Crippen LogP contribution in [0, 0.1) is 0 Å². The maximum absolute atomic E-state index is 11.8. The molecule has 2 aromatic rings. The Labute approximate surface area is 117 Å². The van der Waals surface area contributed by atoms with E-state index in [2.05, 4.69) is 16.8 Å². The molecule has 1 amide bonds. The van der Waals surface area contributed by atoms with Crippen LogP contribution in [0.25, 0.3) is 0 Å². The van der Waals surface area contributed by atoms with Crippen molar-refractivity contribution in [3.8, 4) is 5.75 Å². The predicted octanol–water partition coefficient (Wildman–Crippen LogP) is 2.87. The fraction of sp³-hybridized carbons (Fsp3) is 0.267. The van der Waals surface area contributed by atoms with Gasteiger partial charge in [-0.2, -0.15) is 11.3 Å². The van der Waals surface area contributed by atoms with Crippen LogP contribution >= 0.6 is 11.3 Å². The molecule has 100 valence electrons. The minimum atomic E-state index is -0.482. The average Bonchev–Trinajstić information content (AvgIpc) is 2.93. The molecule has 1 aromatic heterocycles. The Kier molecular flexibility index (Phi) is 4.98. The molecule has 3 nitrogen and oxygen atoms in total. The van der Waals surface area contributed by atoms with Crippen LogP contribution in [0.3, 0.4) is 0 Å². The van der Waals surface area contributed by atoms with Crippen LogP contribution in [0.2, 0.25) is 0 Å². The summed E-state index contributed by atoms with van der Waals surface area (Å²) in [6, 6.07) is 11.4. The molecule has 0 bridgehead atoms. The van der Waals surface area contributed by atoms with Gasteiger partial charge in [0.05, 0.1) is 0 Å². The SMILES string of the molecule is C[C@@H](Oc1ccccc1)C(=O)NCCc1ccsc1. The molecule has 0 radical (unpaired) electrons. The Balaban J connectivity index is 1.73. The minimum absolute atomic E-state index is 0.0842. The highest BCUT2D eigenvalue weighted by atomic mass is 32.1. The summed E-state index contributed by atoms with van der Waals surface area (Å²) in [5.41, 5.74) is 1.25. The molecule has 0 aliphatic rings. The first-order valence-corrected chi connectivity index (χ1v) is 7.20. The summed E-state index contributed by atoms with van der Waals surface area (Å²) in [7, 11) is 0. The predicted molar refractivity (Wildman–Crippen MR) is 77.6 cm³/mol. The molecule has 0 fully saturated rings. The smallest absolute Gasteiger partial charge is 0.260 e.